The smallest absolute Gasteiger partial charge is 0.412 e. The number of nitrogens with zero attached hydrogens (tertiary/aromatic N) is 1. The van der Waals surface area contributed by atoms with E-state index in [0.29, 0.717) is 25.1 Å². The molecule has 36 heavy (non-hydrogen) atoms. The molecule has 0 aliphatic carbocycles. The molecule has 1 aromatic carbocycles. The Morgan fingerprint density at radius 3 is 2.64 bits per heavy atom. The van der Waals surface area contributed by atoms with Crippen molar-refractivity contribution in [3.05, 3.63) is 29.8 Å². The molecule has 2 unspecified atom stereocenters. The maximum atomic E-state index is 12.3. The molecule has 1 aliphatic rings. The monoisotopic (exact) mass is 504 g/mol. The first-order chi connectivity index (χ1) is 17.1. The van der Waals surface area contributed by atoms with Gasteiger partial charge in [-0.1, -0.05) is 39.3 Å². The van der Waals surface area contributed by atoms with E-state index in [1.165, 1.54) is 18.4 Å². The quantitative estimate of drug-likeness (QED) is 0.321. The van der Waals surface area contributed by atoms with E-state index in [4.69, 9.17) is 10.5 Å². The van der Waals surface area contributed by atoms with Gasteiger partial charge in [0.1, 0.15) is 11.8 Å². The second kappa shape index (κ2) is 14.2. The van der Waals surface area contributed by atoms with E-state index >= 15 is 0 Å². The number of unbranched alkanes of at least 4 members (excludes halogenated alkanes) is 1. The van der Waals surface area contributed by atoms with Gasteiger partial charge in [0.2, 0.25) is 5.91 Å². The third-order valence-corrected chi connectivity index (χ3v) is 7.18. The summed E-state index contributed by atoms with van der Waals surface area (Å²) in [6.07, 6.45) is 5.29. The van der Waals surface area contributed by atoms with Gasteiger partial charge < -0.3 is 31.1 Å². The molecule has 0 radical (unpaired) electrons. The van der Waals surface area contributed by atoms with Gasteiger partial charge in [-0.05, 0) is 75.7 Å². The predicted octanol–water partition coefficient (Wildman–Crippen LogP) is 3.26. The van der Waals surface area contributed by atoms with Crippen molar-refractivity contribution in [3.63, 3.8) is 0 Å². The number of ether oxygens (including phenoxy) is 1. The number of amides is 2. The zero-order valence-corrected chi connectivity index (χ0v) is 22.2. The van der Waals surface area contributed by atoms with Crippen LogP contribution in [0.3, 0.4) is 0 Å². The maximum absolute atomic E-state index is 12.3. The standard InChI is InChI=1S/C27H44N4O5/c1-5-27(14-7-9-16-31(4)18-27)20-11-10-12-21(17-20)36-26(35)29-15-8-6-13-22(25(33)34)30-24(32)23(28)19(2)3/h10-12,17,19,22-23H,5-9,13-16,18,28H2,1-4H3,(H,29,35)(H,30,32)(H,33,34)/t22?,23-,27?/m0/s1. The van der Waals surface area contributed by atoms with E-state index in [0.717, 1.165) is 25.9 Å². The van der Waals surface area contributed by atoms with Crippen molar-refractivity contribution < 1.29 is 24.2 Å². The number of benzene rings is 1. The molecule has 2 amide bonds. The molecule has 3 atom stereocenters. The van der Waals surface area contributed by atoms with Crippen molar-refractivity contribution in [2.24, 2.45) is 11.7 Å². The average molecular weight is 505 g/mol. The molecular formula is C27H44N4O5. The second-order valence-electron chi connectivity index (χ2n) is 10.3. The number of likely N-dealkylation sites (N-methyl/N-ethyl adjacent to an activating group) is 1. The van der Waals surface area contributed by atoms with Crippen LogP contribution in [-0.4, -0.2) is 66.7 Å². The van der Waals surface area contributed by atoms with Crippen molar-refractivity contribution in [2.75, 3.05) is 26.7 Å². The van der Waals surface area contributed by atoms with Crippen molar-refractivity contribution in [1.29, 1.82) is 0 Å². The second-order valence-corrected chi connectivity index (χ2v) is 10.3. The zero-order chi connectivity index (χ0) is 26.7. The Morgan fingerprint density at radius 1 is 1.22 bits per heavy atom. The number of hydrogen-bond donors (Lipinski definition) is 4. The van der Waals surface area contributed by atoms with Gasteiger partial charge >= 0.3 is 12.1 Å². The van der Waals surface area contributed by atoms with Crippen LogP contribution in [0.15, 0.2) is 24.3 Å². The summed E-state index contributed by atoms with van der Waals surface area (Å²) in [5, 5.41) is 14.6. The van der Waals surface area contributed by atoms with Gasteiger partial charge in [0.05, 0.1) is 6.04 Å². The van der Waals surface area contributed by atoms with Gasteiger partial charge in [0.15, 0.2) is 0 Å². The molecule has 2 rings (SSSR count). The van der Waals surface area contributed by atoms with Crippen molar-refractivity contribution in [1.82, 2.24) is 15.5 Å². The SMILES string of the molecule is CCC1(c2cccc(OC(=O)NCCCCC(NC(=O)[C@@H](N)C(C)C)C(=O)O)c2)CCCCN(C)C1. The lowest BCUT2D eigenvalue weighted by atomic mass is 9.74. The minimum Gasteiger partial charge on any atom is -0.480 e. The Hall–Kier alpha value is -2.65. The summed E-state index contributed by atoms with van der Waals surface area (Å²) in [5.41, 5.74) is 7.04. The molecule has 9 nitrogen and oxygen atoms in total. The number of likely N-dealkylation sites (tertiary alicyclic amines) is 1. The Bertz CT molecular complexity index is 877. The first-order valence-electron chi connectivity index (χ1n) is 13.1. The van der Waals surface area contributed by atoms with Gasteiger partial charge in [-0.3, -0.25) is 4.79 Å². The number of carbonyl (C=O) groups excluding carboxylic acids is 2. The van der Waals surface area contributed by atoms with Gasteiger partial charge in [-0.25, -0.2) is 9.59 Å². The largest absolute Gasteiger partial charge is 0.480 e. The molecule has 1 heterocycles. The van der Waals surface area contributed by atoms with Crippen LogP contribution < -0.4 is 21.1 Å². The van der Waals surface area contributed by atoms with E-state index in [9.17, 15) is 19.5 Å². The molecule has 202 valence electrons. The number of hydrogen-bond acceptors (Lipinski definition) is 6. The third-order valence-electron chi connectivity index (χ3n) is 7.18. The molecular weight excluding hydrogens is 460 g/mol. The predicted molar refractivity (Wildman–Crippen MR) is 140 cm³/mol. The molecule has 0 bridgehead atoms. The Kier molecular flexibility index (Phi) is 11.7. The Morgan fingerprint density at radius 2 is 1.97 bits per heavy atom. The van der Waals surface area contributed by atoms with Crippen LogP contribution in [0.25, 0.3) is 0 Å². The highest BCUT2D eigenvalue weighted by atomic mass is 16.6. The lowest BCUT2D eigenvalue weighted by molar-refractivity contribution is -0.142. The fourth-order valence-electron chi connectivity index (χ4n) is 4.77. The van der Waals surface area contributed by atoms with E-state index in [2.05, 4.69) is 35.6 Å². The van der Waals surface area contributed by atoms with Crippen LogP contribution in [-0.2, 0) is 15.0 Å². The number of carbonyl (C=O) groups is 3. The fraction of sp³-hybridized carbons (Fsp3) is 0.667. The van der Waals surface area contributed by atoms with Crippen LogP contribution in [0, 0.1) is 5.92 Å². The number of aliphatic carboxylic acids is 1. The van der Waals surface area contributed by atoms with E-state index in [1.807, 2.05) is 12.1 Å². The molecule has 1 saturated heterocycles. The summed E-state index contributed by atoms with van der Waals surface area (Å²) in [7, 11) is 2.16. The minimum atomic E-state index is -1.10. The summed E-state index contributed by atoms with van der Waals surface area (Å²) < 4.78 is 5.53. The van der Waals surface area contributed by atoms with E-state index in [1.54, 1.807) is 19.9 Å². The highest BCUT2D eigenvalue weighted by Crippen LogP contribution is 2.37. The number of nitrogens with two attached hydrogens (primary N) is 1. The first-order valence-corrected chi connectivity index (χ1v) is 13.1. The molecule has 9 heteroatoms. The van der Waals surface area contributed by atoms with Crippen LogP contribution in [0.4, 0.5) is 4.79 Å². The summed E-state index contributed by atoms with van der Waals surface area (Å²) in [5.74, 6) is -1.14. The van der Waals surface area contributed by atoms with Crippen LogP contribution in [0.2, 0.25) is 0 Å². The van der Waals surface area contributed by atoms with Gasteiger partial charge in [0.25, 0.3) is 0 Å². The molecule has 0 saturated carbocycles. The Balaban J connectivity index is 1.82. The molecule has 0 spiro atoms. The van der Waals surface area contributed by atoms with Crippen LogP contribution >= 0.6 is 0 Å². The summed E-state index contributed by atoms with van der Waals surface area (Å²) in [6, 6.07) is 6.06. The number of rotatable bonds is 12. The van der Waals surface area contributed by atoms with Crippen molar-refractivity contribution >= 4 is 18.0 Å². The molecule has 0 aromatic heterocycles. The summed E-state index contributed by atoms with van der Waals surface area (Å²) in [6.45, 7) is 8.26. The zero-order valence-electron chi connectivity index (χ0n) is 22.2. The van der Waals surface area contributed by atoms with Crippen molar-refractivity contribution in [2.45, 2.75) is 83.2 Å². The minimum absolute atomic E-state index is 0.0519. The van der Waals surface area contributed by atoms with E-state index < -0.39 is 30.1 Å². The van der Waals surface area contributed by atoms with Gasteiger partial charge in [-0.2, -0.15) is 0 Å². The lowest BCUT2D eigenvalue weighted by Crippen LogP contribution is -2.50. The average Bonchev–Trinajstić information content (AvgIpc) is 3.04. The molecule has 1 aliphatic heterocycles. The van der Waals surface area contributed by atoms with E-state index in [-0.39, 0.29) is 17.8 Å². The highest BCUT2D eigenvalue weighted by molar-refractivity contribution is 5.86. The fourth-order valence-corrected chi connectivity index (χ4v) is 4.77. The number of nitrogens with one attached hydrogen (secondary N) is 2. The third kappa shape index (κ3) is 8.78. The topological polar surface area (TPSA) is 134 Å². The van der Waals surface area contributed by atoms with Gasteiger partial charge in [-0.15, -0.1) is 0 Å². The highest BCUT2D eigenvalue weighted by Gasteiger charge is 2.33. The summed E-state index contributed by atoms with van der Waals surface area (Å²) >= 11 is 0. The maximum Gasteiger partial charge on any atom is 0.412 e. The normalized spacial score (nSPS) is 20.3. The van der Waals surface area contributed by atoms with Crippen LogP contribution in [0.5, 0.6) is 5.75 Å². The molecule has 1 aromatic rings. The number of carboxylic acids is 1. The number of carboxylic acid groups (broad SMARTS) is 1. The lowest BCUT2D eigenvalue weighted by Gasteiger charge is -2.35. The van der Waals surface area contributed by atoms with Gasteiger partial charge in [0, 0.05) is 18.5 Å². The molecule has 1 fully saturated rings. The van der Waals surface area contributed by atoms with Crippen molar-refractivity contribution in [3.8, 4) is 5.75 Å². The Labute approximate surface area is 215 Å². The van der Waals surface area contributed by atoms with Crippen LogP contribution in [0.1, 0.15) is 71.3 Å². The summed E-state index contributed by atoms with van der Waals surface area (Å²) in [4.78, 5) is 38.3. The molecule has 5 N–H and O–H groups in total. The first kappa shape index (κ1) is 29.6.